The Kier molecular flexibility index (Phi) is 5.16. The molecule has 0 bridgehead atoms. The van der Waals surface area contributed by atoms with E-state index in [4.69, 9.17) is 27.9 Å². The molecule has 0 atom stereocenters. The van der Waals surface area contributed by atoms with E-state index >= 15 is 0 Å². The molecule has 0 aliphatic carbocycles. The zero-order chi connectivity index (χ0) is 16.3. The first-order chi connectivity index (χ1) is 10.4. The van der Waals surface area contributed by atoms with Crippen molar-refractivity contribution in [3.63, 3.8) is 0 Å². The van der Waals surface area contributed by atoms with Gasteiger partial charge in [-0.2, -0.15) is 0 Å². The van der Waals surface area contributed by atoms with E-state index in [0.717, 1.165) is 5.56 Å². The van der Waals surface area contributed by atoms with Crippen LogP contribution in [-0.2, 0) is 6.54 Å². The van der Waals surface area contributed by atoms with Crippen LogP contribution in [0.1, 0.15) is 15.9 Å². The van der Waals surface area contributed by atoms with Crippen LogP contribution in [0.3, 0.4) is 0 Å². The molecular formula is C16H15Cl2NO3. The van der Waals surface area contributed by atoms with Crippen LogP contribution < -0.4 is 4.74 Å². The van der Waals surface area contributed by atoms with Gasteiger partial charge < -0.3 is 14.7 Å². The van der Waals surface area contributed by atoms with Gasteiger partial charge >= 0.3 is 0 Å². The Balaban J connectivity index is 2.22. The summed E-state index contributed by atoms with van der Waals surface area (Å²) in [6, 6.07) is 9.62. The van der Waals surface area contributed by atoms with E-state index in [1.807, 2.05) is 0 Å². The van der Waals surface area contributed by atoms with Crippen molar-refractivity contribution in [3.8, 4) is 11.5 Å². The molecule has 0 saturated carbocycles. The van der Waals surface area contributed by atoms with E-state index < -0.39 is 0 Å². The van der Waals surface area contributed by atoms with E-state index in [-0.39, 0.29) is 17.2 Å². The number of halogens is 2. The van der Waals surface area contributed by atoms with Crippen LogP contribution in [0.4, 0.5) is 0 Å². The fourth-order valence-corrected chi connectivity index (χ4v) is 2.64. The molecule has 22 heavy (non-hydrogen) atoms. The molecule has 0 fully saturated rings. The number of hydrogen-bond donors (Lipinski definition) is 1. The maximum atomic E-state index is 12.5. The molecule has 0 saturated heterocycles. The Morgan fingerprint density at radius 3 is 2.41 bits per heavy atom. The van der Waals surface area contributed by atoms with Gasteiger partial charge in [0.15, 0.2) is 0 Å². The molecule has 4 nitrogen and oxygen atoms in total. The van der Waals surface area contributed by atoms with Crippen molar-refractivity contribution in [3.05, 3.63) is 57.6 Å². The molecule has 1 N–H and O–H groups in total. The average molecular weight is 340 g/mol. The third kappa shape index (κ3) is 3.84. The number of amides is 1. The lowest BCUT2D eigenvalue weighted by Crippen LogP contribution is -2.26. The minimum Gasteiger partial charge on any atom is -0.507 e. The Hall–Kier alpha value is -1.91. The quantitative estimate of drug-likeness (QED) is 0.916. The number of benzene rings is 2. The molecule has 1 amide bonds. The van der Waals surface area contributed by atoms with Crippen LogP contribution in [0, 0.1) is 0 Å². The Morgan fingerprint density at radius 2 is 1.82 bits per heavy atom. The lowest BCUT2D eigenvalue weighted by atomic mass is 10.1. The highest BCUT2D eigenvalue weighted by Crippen LogP contribution is 2.25. The van der Waals surface area contributed by atoms with Crippen molar-refractivity contribution >= 4 is 29.1 Å². The highest BCUT2D eigenvalue weighted by Gasteiger charge is 2.17. The first-order valence-corrected chi connectivity index (χ1v) is 7.23. The number of carbonyl (C=O) groups is 1. The molecule has 2 aromatic rings. The van der Waals surface area contributed by atoms with E-state index in [9.17, 15) is 9.90 Å². The van der Waals surface area contributed by atoms with Gasteiger partial charge in [-0.15, -0.1) is 0 Å². The Bertz CT molecular complexity index is 684. The number of aromatic hydroxyl groups is 1. The number of rotatable bonds is 4. The number of carbonyl (C=O) groups excluding carboxylic acids is 1. The number of ether oxygens (including phenoxy) is 1. The van der Waals surface area contributed by atoms with Gasteiger partial charge in [-0.3, -0.25) is 4.79 Å². The lowest BCUT2D eigenvalue weighted by Gasteiger charge is -2.18. The first-order valence-electron chi connectivity index (χ1n) is 6.48. The second-order valence-corrected chi connectivity index (χ2v) is 5.69. The molecule has 0 aliphatic rings. The van der Waals surface area contributed by atoms with Gasteiger partial charge in [0.25, 0.3) is 5.91 Å². The number of phenols is 1. The maximum absolute atomic E-state index is 12.5. The van der Waals surface area contributed by atoms with Crippen molar-refractivity contribution in [2.24, 2.45) is 0 Å². The lowest BCUT2D eigenvalue weighted by molar-refractivity contribution is 0.0781. The highest BCUT2D eigenvalue weighted by atomic mass is 35.5. The molecule has 0 radical (unpaired) electrons. The second kappa shape index (κ2) is 6.90. The molecule has 116 valence electrons. The molecular weight excluding hydrogens is 325 g/mol. The standard InChI is InChI=1S/C16H15Cl2NO3/c1-19(9-10-5-11(17)7-12(18)6-10)16(21)14-8-13(22-2)3-4-15(14)20/h3-8,20H,9H2,1-2H3. The van der Waals surface area contributed by atoms with Crippen molar-refractivity contribution in [2.75, 3.05) is 14.2 Å². The Labute approximate surface area is 138 Å². The zero-order valence-electron chi connectivity index (χ0n) is 12.1. The van der Waals surface area contributed by atoms with Gasteiger partial charge in [0.1, 0.15) is 11.5 Å². The van der Waals surface area contributed by atoms with Crippen molar-refractivity contribution in [1.29, 1.82) is 0 Å². The monoisotopic (exact) mass is 339 g/mol. The van der Waals surface area contributed by atoms with E-state index in [0.29, 0.717) is 22.3 Å². The van der Waals surface area contributed by atoms with Gasteiger partial charge in [-0.1, -0.05) is 23.2 Å². The van der Waals surface area contributed by atoms with E-state index in [2.05, 4.69) is 0 Å². The summed E-state index contributed by atoms with van der Waals surface area (Å²) in [4.78, 5) is 13.9. The minimum absolute atomic E-state index is 0.0956. The van der Waals surface area contributed by atoms with Gasteiger partial charge in [0, 0.05) is 23.6 Å². The fraction of sp³-hybridized carbons (Fsp3) is 0.188. The summed E-state index contributed by atoms with van der Waals surface area (Å²) in [5.74, 6) is 0.0784. The number of nitrogens with zero attached hydrogens (tertiary/aromatic N) is 1. The molecule has 0 heterocycles. The molecule has 0 unspecified atom stereocenters. The highest BCUT2D eigenvalue weighted by molar-refractivity contribution is 6.34. The summed E-state index contributed by atoms with van der Waals surface area (Å²) < 4.78 is 5.07. The molecule has 2 aromatic carbocycles. The van der Waals surface area contributed by atoms with E-state index in [1.165, 1.54) is 24.1 Å². The summed E-state index contributed by atoms with van der Waals surface area (Å²) in [7, 11) is 3.13. The van der Waals surface area contributed by atoms with Gasteiger partial charge in [0.2, 0.25) is 0 Å². The van der Waals surface area contributed by atoms with E-state index in [1.54, 1.807) is 31.3 Å². The van der Waals surface area contributed by atoms with Gasteiger partial charge in [-0.25, -0.2) is 0 Å². The topological polar surface area (TPSA) is 49.8 Å². The maximum Gasteiger partial charge on any atom is 0.257 e. The van der Waals surface area contributed by atoms with Gasteiger partial charge in [0.05, 0.1) is 12.7 Å². The SMILES string of the molecule is COc1ccc(O)c(C(=O)N(C)Cc2cc(Cl)cc(Cl)c2)c1. The van der Waals surface area contributed by atoms with Crippen molar-refractivity contribution in [1.82, 2.24) is 4.90 Å². The van der Waals surface area contributed by atoms with Crippen LogP contribution >= 0.6 is 23.2 Å². The number of phenolic OH excluding ortho intramolecular Hbond substituents is 1. The third-order valence-corrected chi connectivity index (χ3v) is 3.56. The number of hydrogen-bond acceptors (Lipinski definition) is 3. The summed E-state index contributed by atoms with van der Waals surface area (Å²) in [6.07, 6.45) is 0. The van der Waals surface area contributed by atoms with Gasteiger partial charge in [-0.05, 0) is 42.0 Å². The fourth-order valence-electron chi connectivity index (χ4n) is 2.07. The van der Waals surface area contributed by atoms with Crippen molar-refractivity contribution in [2.45, 2.75) is 6.54 Å². The molecule has 2 rings (SSSR count). The third-order valence-electron chi connectivity index (χ3n) is 3.12. The summed E-state index contributed by atoms with van der Waals surface area (Å²) in [5.41, 5.74) is 0.978. The Morgan fingerprint density at radius 1 is 1.18 bits per heavy atom. The predicted octanol–water partition coefficient (Wildman–Crippen LogP) is 3.98. The molecule has 0 spiro atoms. The van der Waals surface area contributed by atoms with Crippen LogP contribution in [0.5, 0.6) is 11.5 Å². The normalized spacial score (nSPS) is 10.4. The van der Waals surface area contributed by atoms with Crippen LogP contribution in [0.15, 0.2) is 36.4 Å². The minimum atomic E-state index is -0.326. The first kappa shape index (κ1) is 16.5. The van der Waals surface area contributed by atoms with Crippen LogP contribution in [0.25, 0.3) is 0 Å². The molecule has 6 heteroatoms. The molecule has 0 aliphatic heterocycles. The average Bonchev–Trinajstić information content (AvgIpc) is 2.46. The summed E-state index contributed by atoms with van der Waals surface area (Å²) in [5, 5.41) is 10.9. The smallest absolute Gasteiger partial charge is 0.257 e. The van der Waals surface area contributed by atoms with Crippen LogP contribution in [0.2, 0.25) is 10.0 Å². The van der Waals surface area contributed by atoms with Crippen LogP contribution in [-0.4, -0.2) is 30.1 Å². The predicted molar refractivity (Wildman–Crippen MR) is 86.9 cm³/mol. The second-order valence-electron chi connectivity index (χ2n) is 4.82. The molecule has 0 aromatic heterocycles. The number of methoxy groups -OCH3 is 1. The largest absolute Gasteiger partial charge is 0.507 e. The summed E-state index contributed by atoms with van der Waals surface area (Å²) in [6.45, 7) is 0.315. The zero-order valence-corrected chi connectivity index (χ0v) is 13.6. The summed E-state index contributed by atoms with van der Waals surface area (Å²) >= 11 is 11.9. The van der Waals surface area contributed by atoms with Crippen molar-refractivity contribution < 1.29 is 14.6 Å².